The highest BCUT2D eigenvalue weighted by Gasteiger charge is 2.43. The van der Waals surface area contributed by atoms with Gasteiger partial charge in [-0.3, -0.25) is 14.5 Å². The molecule has 15 heteroatoms. The molecule has 3 fully saturated rings. The Morgan fingerprint density at radius 1 is 0.614 bits per heavy atom. The molecule has 0 unspecified atom stereocenters. The Balaban J connectivity index is 0.000000159. The van der Waals surface area contributed by atoms with Crippen molar-refractivity contribution in [3.05, 3.63) is 226 Å². The first kappa shape index (κ1) is 59.8. The van der Waals surface area contributed by atoms with Crippen LogP contribution in [-0.4, -0.2) is 87.5 Å². The summed E-state index contributed by atoms with van der Waals surface area (Å²) in [6, 6.07) is 53.9. The van der Waals surface area contributed by atoms with Gasteiger partial charge >= 0.3 is 5.97 Å². The van der Waals surface area contributed by atoms with E-state index in [0.29, 0.717) is 50.9 Å². The first-order chi connectivity index (χ1) is 40.3. The van der Waals surface area contributed by atoms with Crippen LogP contribution in [0.15, 0.2) is 187 Å². The smallest absolute Gasteiger partial charge is 0.339 e. The molecule has 3 aromatic heterocycles. The average Bonchev–Trinajstić information content (AvgIpc) is 4.03. The van der Waals surface area contributed by atoms with E-state index in [2.05, 4.69) is 87.0 Å². The van der Waals surface area contributed by atoms with Crippen LogP contribution in [0.3, 0.4) is 0 Å². The number of carboxylic acid groups (broad SMARTS) is 1. The molecule has 0 atom stereocenters. The third-order valence-electron chi connectivity index (χ3n) is 16.3. The Morgan fingerprint density at radius 2 is 1.13 bits per heavy atom. The number of rotatable bonds is 15. The number of para-hydroxylation sites is 2. The van der Waals surface area contributed by atoms with Crippen LogP contribution >= 0.6 is 23.2 Å². The van der Waals surface area contributed by atoms with Crippen LogP contribution in [0.25, 0.3) is 11.3 Å². The summed E-state index contributed by atoms with van der Waals surface area (Å²) in [5, 5.41) is 16.8. The van der Waals surface area contributed by atoms with Crippen LogP contribution in [0.5, 0.6) is 23.3 Å². The molecule has 5 aromatic carbocycles. The first-order valence-corrected chi connectivity index (χ1v) is 29.3. The van der Waals surface area contributed by atoms with Crippen molar-refractivity contribution >= 4 is 41.0 Å². The van der Waals surface area contributed by atoms with E-state index in [4.69, 9.17) is 42.2 Å². The SMILES string of the molecule is CN(C)C1(Cc2cccc(Cl)c2)CCC(NC(=O)c2cccnc2Oc2ccccc2)CC1.Cc1oc(-c2ccc(Cl)cc2)cc1C(=O)O.O=C(NC1CCC(c2ccccc2)(N2CCCCC2)CC1)c1cccnc1Oc1ccccc1. The number of furan rings is 1. The van der Waals surface area contributed by atoms with Crippen molar-refractivity contribution in [2.24, 2.45) is 0 Å². The third-order valence-corrected chi connectivity index (χ3v) is 16.8. The number of likely N-dealkylation sites (N-methyl/N-ethyl adjacent to an activating group) is 1. The molecule has 0 bridgehead atoms. The monoisotopic (exact) mass is 1150 g/mol. The van der Waals surface area contributed by atoms with E-state index in [-0.39, 0.29) is 40.5 Å². The van der Waals surface area contributed by atoms with E-state index in [9.17, 15) is 14.4 Å². The zero-order valence-electron chi connectivity index (χ0n) is 47.3. The number of aryl methyl sites for hydroxylation is 1. The van der Waals surface area contributed by atoms with Crippen LogP contribution in [0.1, 0.15) is 119 Å². The number of aromatic carboxylic acids is 1. The van der Waals surface area contributed by atoms with Crippen molar-refractivity contribution in [3.8, 4) is 34.6 Å². The molecule has 1 saturated heterocycles. The third kappa shape index (κ3) is 15.6. The fourth-order valence-electron chi connectivity index (χ4n) is 11.7. The number of pyridine rings is 2. The highest BCUT2D eigenvalue weighted by atomic mass is 35.5. The maximum absolute atomic E-state index is 13.2. The number of hydrogen-bond donors (Lipinski definition) is 3. The predicted molar refractivity (Wildman–Crippen MR) is 327 cm³/mol. The van der Waals surface area contributed by atoms with Gasteiger partial charge in [-0.05, 0) is 207 Å². The van der Waals surface area contributed by atoms with Crippen LogP contribution in [0.2, 0.25) is 10.0 Å². The number of aromatic nitrogens is 2. The van der Waals surface area contributed by atoms with Gasteiger partial charge < -0.3 is 34.5 Å². The van der Waals surface area contributed by atoms with Gasteiger partial charge in [0, 0.05) is 51.2 Å². The Kier molecular flexibility index (Phi) is 20.5. The van der Waals surface area contributed by atoms with E-state index >= 15 is 0 Å². The first-order valence-electron chi connectivity index (χ1n) is 28.6. The maximum atomic E-state index is 13.2. The Morgan fingerprint density at radius 3 is 1.63 bits per heavy atom. The molecule has 430 valence electrons. The Hall–Kier alpha value is -7.81. The van der Waals surface area contributed by atoms with Crippen molar-refractivity contribution in [1.82, 2.24) is 30.4 Å². The zero-order chi connectivity index (χ0) is 58.2. The van der Waals surface area contributed by atoms with Crippen LogP contribution in [-0.2, 0) is 12.0 Å². The van der Waals surface area contributed by atoms with Gasteiger partial charge in [0.1, 0.15) is 39.7 Å². The molecular formula is C68H72Cl2N6O7. The maximum Gasteiger partial charge on any atom is 0.339 e. The van der Waals surface area contributed by atoms with Gasteiger partial charge in [0.05, 0.1) is 0 Å². The number of hydrogen-bond acceptors (Lipinski definition) is 10. The van der Waals surface area contributed by atoms with Gasteiger partial charge in [0.25, 0.3) is 11.8 Å². The van der Waals surface area contributed by atoms with Crippen LogP contribution in [0, 0.1) is 6.92 Å². The van der Waals surface area contributed by atoms with Gasteiger partial charge in [-0.25, -0.2) is 14.8 Å². The minimum atomic E-state index is -0.985. The number of nitrogens with one attached hydrogen (secondary N) is 2. The highest BCUT2D eigenvalue weighted by molar-refractivity contribution is 6.30. The molecule has 4 heterocycles. The average molecular weight is 1160 g/mol. The number of halogens is 2. The summed E-state index contributed by atoms with van der Waals surface area (Å²) >= 11 is 12.0. The van der Waals surface area contributed by atoms with Crippen LogP contribution in [0.4, 0.5) is 0 Å². The van der Waals surface area contributed by atoms with Crippen molar-refractivity contribution in [2.45, 2.75) is 107 Å². The molecule has 1 aliphatic heterocycles. The summed E-state index contributed by atoms with van der Waals surface area (Å²) in [5.74, 6) is 1.67. The lowest BCUT2D eigenvalue weighted by Gasteiger charge is -2.50. The second-order valence-corrected chi connectivity index (χ2v) is 22.7. The topological polar surface area (TPSA) is 159 Å². The molecule has 83 heavy (non-hydrogen) atoms. The van der Waals surface area contributed by atoms with Crippen LogP contribution < -0.4 is 20.1 Å². The molecule has 11 rings (SSSR count). The number of piperidine rings is 1. The lowest BCUT2D eigenvalue weighted by molar-refractivity contribution is 0.0227. The van der Waals surface area contributed by atoms with Gasteiger partial charge in [0.2, 0.25) is 11.8 Å². The molecule has 2 aliphatic carbocycles. The molecular weight excluding hydrogens is 1080 g/mol. The summed E-state index contributed by atoms with van der Waals surface area (Å²) in [7, 11) is 4.29. The number of carboxylic acids is 1. The molecule has 0 radical (unpaired) electrons. The zero-order valence-corrected chi connectivity index (χ0v) is 48.8. The number of carbonyl (C=O) groups is 3. The molecule has 3 aliphatic rings. The fraction of sp³-hybridized carbons (Fsp3) is 0.309. The standard InChI is InChI=1S/C29H33N3O2.C27H30ClN3O2.C12H9ClO3/c33-27(26-15-10-20-30-28(26)34-25-13-6-2-7-14-25)31-24-16-18-29(19-17-24,23-11-4-1-5-12-23)32-21-8-3-9-22-32;1-31(2)27(19-20-8-6-9-21(28)18-20)15-13-22(14-16-27)30-25(32)24-12-7-17-29-26(24)33-23-10-4-3-5-11-23;1-7-10(12(14)15)6-11(16-7)8-2-4-9(13)5-3-8/h1-2,4-7,10-15,20,24H,3,8-9,16-19,21-22H2,(H,31,33);3-12,17-18,22H,13-16,19H2,1-2H3,(H,30,32);2-6H,1H3,(H,14,15). The van der Waals surface area contributed by atoms with E-state index in [1.807, 2.05) is 72.8 Å². The summed E-state index contributed by atoms with van der Waals surface area (Å²) in [6.45, 7) is 3.96. The van der Waals surface area contributed by atoms with E-state index in [1.165, 1.54) is 49.5 Å². The Bertz CT molecular complexity index is 3380. The van der Waals surface area contributed by atoms with E-state index < -0.39 is 5.97 Å². The minimum Gasteiger partial charge on any atom is -0.478 e. The normalized spacial score (nSPS) is 19.6. The van der Waals surface area contributed by atoms with E-state index in [0.717, 1.165) is 68.4 Å². The molecule has 2 saturated carbocycles. The van der Waals surface area contributed by atoms with Crippen molar-refractivity contribution < 1.29 is 33.4 Å². The quantitative estimate of drug-likeness (QED) is 0.0897. The molecule has 2 amide bonds. The largest absolute Gasteiger partial charge is 0.478 e. The highest BCUT2D eigenvalue weighted by Crippen LogP contribution is 2.44. The molecule has 8 aromatic rings. The Labute approximate surface area is 497 Å². The van der Waals surface area contributed by atoms with Crippen molar-refractivity contribution in [3.63, 3.8) is 0 Å². The molecule has 3 N–H and O–H groups in total. The molecule has 13 nitrogen and oxygen atoms in total. The molecule has 0 spiro atoms. The van der Waals surface area contributed by atoms with Gasteiger partial charge in [-0.15, -0.1) is 0 Å². The predicted octanol–water partition coefficient (Wildman–Crippen LogP) is 15.3. The number of likely N-dealkylation sites (tertiary alicyclic amines) is 1. The fourth-order valence-corrected chi connectivity index (χ4v) is 12.0. The van der Waals surface area contributed by atoms with Gasteiger partial charge in [0.15, 0.2) is 0 Å². The summed E-state index contributed by atoms with van der Waals surface area (Å²) in [5.41, 5.74) is 4.72. The summed E-state index contributed by atoms with van der Waals surface area (Å²) in [6.07, 6.45) is 16.0. The number of ether oxygens (including phenoxy) is 2. The lowest BCUT2D eigenvalue weighted by atomic mass is 9.73. The second-order valence-electron chi connectivity index (χ2n) is 21.8. The number of carbonyl (C=O) groups excluding carboxylic acids is 2. The number of amides is 2. The summed E-state index contributed by atoms with van der Waals surface area (Å²) in [4.78, 5) is 50.8. The number of nitrogens with zero attached hydrogens (tertiary/aromatic N) is 4. The van der Waals surface area contributed by atoms with Crippen molar-refractivity contribution in [1.29, 1.82) is 0 Å². The minimum absolute atomic E-state index is 0.0573. The summed E-state index contributed by atoms with van der Waals surface area (Å²) < 4.78 is 17.2. The lowest BCUT2D eigenvalue weighted by Crippen LogP contribution is -2.53. The van der Waals surface area contributed by atoms with Gasteiger partial charge in [-0.2, -0.15) is 0 Å². The second kappa shape index (κ2) is 28.5. The van der Waals surface area contributed by atoms with Gasteiger partial charge in [-0.1, -0.05) is 108 Å². The van der Waals surface area contributed by atoms with E-state index in [1.54, 1.807) is 67.8 Å². The van der Waals surface area contributed by atoms with Crippen molar-refractivity contribution in [2.75, 3.05) is 27.2 Å². The number of benzene rings is 5.